The molecule has 1 aromatic carbocycles. The summed E-state index contributed by atoms with van der Waals surface area (Å²) >= 11 is 6.09. The maximum atomic E-state index is 12.9. The molecule has 10 nitrogen and oxygen atoms in total. The van der Waals surface area contributed by atoms with E-state index >= 15 is 0 Å². The second kappa shape index (κ2) is 7.86. The van der Waals surface area contributed by atoms with Crippen LogP contribution in [-0.2, 0) is 9.59 Å². The number of aryl methyl sites for hydroxylation is 1. The van der Waals surface area contributed by atoms with Gasteiger partial charge >= 0.3 is 6.03 Å². The number of rotatable bonds is 5. The zero-order chi connectivity index (χ0) is 22.3. The molecule has 2 aliphatic heterocycles. The van der Waals surface area contributed by atoms with Crippen molar-refractivity contribution in [3.8, 4) is 0 Å². The number of imide groups is 1. The summed E-state index contributed by atoms with van der Waals surface area (Å²) in [6.07, 6.45) is 0.0675. The topological polar surface area (TPSA) is 144 Å². The SMILES string of the molecule is Cc1cc(Cl)cc2cc(C(=O)N3CCC(O)(CNC(=O)CC4NC(=O)NC4=O)C3)[nH]c12. The Morgan fingerprint density at radius 3 is 2.81 bits per heavy atom. The molecule has 31 heavy (non-hydrogen) atoms. The van der Waals surface area contributed by atoms with E-state index in [1.54, 1.807) is 12.1 Å². The van der Waals surface area contributed by atoms with Gasteiger partial charge in [0.15, 0.2) is 0 Å². The highest BCUT2D eigenvalue weighted by molar-refractivity contribution is 6.31. The van der Waals surface area contributed by atoms with Gasteiger partial charge in [-0.1, -0.05) is 11.6 Å². The minimum atomic E-state index is -1.28. The number of nitrogens with zero attached hydrogens (tertiary/aromatic N) is 1. The number of urea groups is 1. The van der Waals surface area contributed by atoms with Gasteiger partial charge in [-0.05, 0) is 37.1 Å². The summed E-state index contributed by atoms with van der Waals surface area (Å²) in [5.74, 6) is -1.30. The number of fused-ring (bicyclic) bond motifs is 1. The zero-order valence-corrected chi connectivity index (χ0v) is 17.5. The number of benzene rings is 1. The van der Waals surface area contributed by atoms with Crippen molar-refractivity contribution in [3.63, 3.8) is 0 Å². The van der Waals surface area contributed by atoms with Crippen LogP contribution in [0.5, 0.6) is 0 Å². The fourth-order valence-electron chi connectivity index (χ4n) is 3.96. The highest BCUT2D eigenvalue weighted by Crippen LogP contribution is 2.27. The quantitative estimate of drug-likeness (QED) is 0.422. The zero-order valence-electron chi connectivity index (χ0n) is 16.8. The van der Waals surface area contributed by atoms with Crippen LogP contribution in [-0.4, -0.2) is 70.0 Å². The van der Waals surface area contributed by atoms with Crippen LogP contribution in [0.2, 0.25) is 5.02 Å². The van der Waals surface area contributed by atoms with Gasteiger partial charge in [0.1, 0.15) is 17.3 Å². The Morgan fingerprint density at radius 2 is 2.10 bits per heavy atom. The number of halogens is 1. The predicted molar refractivity (Wildman–Crippen MR) is 112 cm³/mol. The van der Waals surface area contributed by atoms with Gasteiger partial charge in [0.25, 0.3) is 11.8 Å². The van der Waals surface area contributed by atoms with E-state index in [1.165, 1.54) is 4.90 Å². The number of aromatic nitrogens is 1. The number of hydrogen-bond donors (Lipinski definition) is 5. The molecule has 5 amide bonds. The molecule has 0 spiro atoms. The lowest BCUT2D eigenvalue weighted by molar-refractivity contribution is -0.127. The van der Waals surface area contributed by atoms with E-state index in [4.69, 9.17) is 11.6 Å². The van der Waals surface area contributed by atoms with Crippen LogP contribution in [0.4, 0.5) is 4.79 Å². The number of hydrogen-bond acceptors (Lipinski definition) is 5. The van der Waals surface area contributed by atoms with Crippen LogP contribution in [0, 0.1) is 6.92 Å². The van der Waals surface area contributed by atoms with Gasteiger partial charge < -0.3 is 25.6 Å². The van der Waals surface area contributed by atoms with Crippen molar-refractivity contribution in [3.05, 3.63) is 34.5 Å². The molecule has 0 saturated carbocycles. The van der Waals surface area contributed by atoms with E-state index < -0.39 is 29.5 Å². The average molecular weight is 448 g/mol. The number of carbonyl (C=O) groups excluding carboxylic acids is 4. The van der Waals surface area contributed by atoms with Crippen molar-refractivity contribution >= 4 is 46.3 Å². The molecule has 2 aliphatic rings. The van der Waals surface area contributed by atoms with Crippen molar-refractivity contribution in [2.75, 3.05) is 19.6 Å². The molecule has 164 valence electrons. The van der Waals surface area contributed by atoms with Gasteiger partial charge in [0.2, 0.25) is 5.91 Å². The van der Waals surface area contributed by atoms with Crippen molar-refractivity contribution in [2.24, 2.45) is 0 Å². The van der Waals surface area contributed by atoms with E-state index in [0.29, 0.717) is 23.7 Å². The Balaban J connectivity index is 1.35. The third kappa shape index (κ3) is 4.35. The standard InChI is InChI=1S/C20H22ClN5O5/c1-10-4-12(21)5-11-6-14(23-16(10)11)18(29)26-3-2-20(31,9-26)8-22-15(27)7-13-17(28)25-19(30)24-13/h4-6,13,23,31H,2-3,7-9H2,1H3,(H,22,27)(H2,24,25,28,30). The number of H-pyrrole nitrogens is 1. The summed E-state index contributed by atoms with van der Waals surface area (Å²) in [4.78, 5) is 52.3. The van der Waals surface area contributed by atoms with Crippen LogP contribution < -0.4 is 16.0 Å². The lowest BCUT2D eigenvalue weighted by Gasteiger charge is -2.24. The van der Waals surface area contributed by atoms with Crippen molar-refractivity contribution < 1.29 is 24.3 Å². The molecule has 5 N–H and O–H groups in total. The highest BCUT2D eigenvalue weighted by atomic mass is 35.5. The molecule has 0 aliphatic carbocycles. The van der Waals surface area contributed by atoms with Gasteiger partial charge in [-0.3, -0.25) is 19.7 Å². The lowest BCUT2D eigenvalue weighted by atomic mass is 10.0. The fourth-order valence-corrected chi connectivity index (χ4v) is 4.24. The number of amides is 5. The number of aliphatic hydroxyl groups is 1. The molecule has 1 aromatic heterocycles. The molecule has 2 saturated heterocycles. The summed E-state index contributed by atoms with van der Waals surface area (Å²) < 4.78 is 0. The van der Waals surface area contributed by atoms with Crippen molar-refractivity contribution in [1.29, 1.82) is 0 Å². The number of nitrogens with one attached hydrogen (secondary N) is 4. The van der Waals surface area contributed by atoms with E-state index in [0.717, 1.165) is 16.5 Å². The summed E-state index contributed by atoms with van der Waals surface area (Å²) in [5, 5.41) is 19.2. The normalized spacial score (nSPS) is 23.2. The number of likely N-dealkylation sites (tertiary alicyclic amines) is 1. The molecule has 4 rings (SSSR count). The van der Waals surface area contributed by atoms with Crippen LogP contribution in [0.25, 0.3) is 10.9 Å². The number of aromatic amines is 1. The van der Waals surface area contributed by atoms with E-state index in [9.17, 15) is 24.3 Å². The summed E-state index contributed by atoms with van der Waals surface area (Å²) in [5.41, 5.74) is 0.876. The second-order valence-electron chi connectivity index (χ2n) is 8.07. The second-order valence-corrected chi connectivity index (χ2v) is 8.50. The molecule has 0 radical (unpaired) electrons. The third-order valence-corrected chi connectivity index (χ3v) is 5.82. The molecule has 2 aromatic rings. The molecule has 2 fully saturated rings. The van der Waals surface area contributed by atoms with Crippen molar-refractivity contribution in [1.82, 2.24) is 25.8 Å². The summed E-state index contributed by atoms with van der Waals surface area (Å²) in [6, 6.07) is 3.76. The predicted octanol–water partition coefficient (Wildman–Crippen LogP) is 0.421. The smallest absolute Gasteiger partial charge is 0.322 e. The minimum absolute atomic E-state index is 0.0574. The third-order valence-electron chi connectivity index (χ3n) is 5.60. The molecule has 11 heteroatoms. The Hall–Kier alpha value is -3.11. The average Bonchev–Trinajstić information content (AvgIpc) is 3.37. The van der Waals surface area contributed by atoms with Crippen molar-refractivity contribution in [2.45, 2.75) is 31.4 Å². The first kappa shape index (κ1) is 21.1. The Morgan fingerprint density at radius 1 is 1.32 bits per heavy atom. The van der Waals surface area contributed by atoms with Gasteiger partial charge in [-0.25, -0.2) is 4.79 Å². The van der Waals surface area contributed by atoms with Crippen LogP contribution in [0.3, 0.4) is 0 Å². The maximum absolute atomic E-state index is 12.9. The Bertz CT molecular complexity index is 1100. The van der Waals surface area contributed by atoms with E-state index in [2.05, 4.69) is 20.9 Å². The lowest BCUT2D eigenvalue weighted by Crippen LogP contribution is -2.47. The minimum Gasteiger partial charge on any atom is -0.386 e. The van der Waals surface area contributed by atoms with Crippen LogP contribution in [0.15, 0.2) is 18.2 Å². The first-order valence-corrected chi connectivity index (χ1v) is 10.2. The van der Waals surface area contributed by atoms with E-state index in [1.807, 2.05) is 13.0 Å². The molecule has 3 heterocycles. The van der Waals surface area contributed by atoms with Gasteiger partial charge in [0, 0.05) is 29.0 Å². The molecule has 2 atom stereocenters. The van der Waals surface area contributed by atoms with E-state index in [-0.39, 0.29) is 25.4 Å². The highest BCUT2D eigenvalue weighted by Gasteiger charge is 2.39. The Labute approximate surface area is 182 Å². The van der Waals surface area contributed by atoms with Crippen LogP contribution in [0.1, 0.15) is 28.9 Å². The maximum Gasteiger partial charge on any atom is 0.322 e. The van der Waals surface area contributed by atoms with Crippen LogP contribution >= 0.6 is 11.6 Å². The fraction of sp³-hybridized carbons (Fsp3) is 0.400. The summed E-state index contributed by atoms with van der Waals surface area (Å²) in [7, 11) is 0. The molecular formula is C20H22ClN5O5. The monoisotopic (exact) mass is 447 g/mol. The number of β-amino-alcohol motifs (C(OH)–C–C–N with tert-alkyl or cyclic N) is 1. The summed E-state index contributed by atoms with van der Waals surface area (Å²) in [6.45, 7) is 2.22. The first-order chi connectivity index (χ1) is 14.6. The first-order valence-electron chi connectivity index (χ1n) is 9.82. The molecule has 0 bridgehead atoms. The largest absolute Gasteiger partial charge is 0.386 e. The van der Waals surface area contributed by atoms with Gasteiger partial charge in [0.05, 0.1) is 13.0 Å². The number of carbonyl (C=O) groups is 4. The van der Waals surface area contributed by atoms with Gasteiger partial charge in [-0.15, -0.1) is 0 Å². The molecule has 2 unspecified atom stereocenters. The molecular weight excluding hydrogens is 426 g/mol. The van der Waals surface area contributed by atoms with Gasteiger partial charge in [-0.2, -0.15) is 0 Å². The Kier molecular flexibility index (Phi) is 5.36.